The lowest BCUT2D eigenvalue weighted by atomic mass is 10.1. The first-order valence-corrected chi connectivity index (χ1v) is 9.70. The number of aromatic nitrogens is 2. The van der Waals surface area contributed by atoms with Crippen molar-refractivity contribution in [1.82, 2.24) is 24.7 Å². The van der Waals surface area contributed by atoms with E-state index in [1.165, 1.54) is 0 Å². The van der Waals surface area contributed by atoms with Gasteiger partial charge in [-0.3, -0.25) is 14.2 Å². The van der Waals surface area contributed by atoms with Crippen LogP contribution in [0.25, 0.3) is 10.9 Å². The fourth-order valence-electron chi connectivity index (χ4n) is 2.88. The molecule has 2 aromatic rings. The quantitative estimate of drug-likeness (QED) is 0.637. The van der Waals surface area contributed by atoms with Crippen molar-refractivity contribution in [2.75, 3.05) is 46.8 Å². The van der Waals surface area contributed by atoms with Crippen LogP contribution in [0.5, 0.6) is 0 Å². The van der Waals surface area contributed by atoms with E-state index in [9.17, 15) is 9.59 Å². The Morgan fingerprint density at radius 1 is 1.22 bits per heavy atom. The van der Waals surface area contributed by atoms with E-state index in [0.717, 1.165) is 26.2 Å². The Hall–Kier alpha value is -2.03. The van der Waals surface area contributed by atoms with E-state index in [1.807, 2.05) is 19.0 Å². The van der Waals surface area contributed by atoms with Gasteiger partial charge < -0.3 is 20.1 Å². The molecule has 0 aliphatic carbocycles. The van der Waals surface area contributed by atoms with Crippen LogP contribution in [-0.4, -0.2) is 72.1 Å². The summed E-state index contributed by atoms with van der Waals surface area (Å²) in [5.74, 6) is -0.163. The van der Waals surface area contributed by atoms with Crippen LogP contribution in [0.15, 0.2) is 23.0 Å². The number of amides is 1. The highest BCUT2D eigenvalue weighted by molar-refractivity contribution is 7.71. The molecule has 2 rings (SSSR count). The number of nitrogens with zero attached hydrogens (tertiary/aromatic N) is 3. The Labute approximate surface area is 165 Å². The highest BCUT2D eigenvalue weighted by Gasteiger charge is 2.11. The third-order valence-corrected chi connectivity index (χ3v) is 4.95. The number of fused-ring (bicyclic) bond motifs is 1. The zero-order valence-corrected chi connectivity index (χ0v) is 17.4. The van der Waals surface area contributed by atoms with Gasteiger partial charge in [-0.1, -0.05) is 13.8 Å². The van der Waals surface area contributed by atoms with Crippen molar-refractivity contribution in [3.05, 3.63) is 38.9 Å². The molecule has 1 aromatic carbocycles. The van der Waals surface area contributed by atoms with Gasteiger partial charge in [0, 0.05) is 31.7 Å². The molecule has 1 amide bonds. The summed E-state index contributed by atoms with van der Waals surface area (Å²) in [6.07, 6.45) is 0. The molecule has 0 saturated heterocycles. The highest BCUT2D eigenvalue weighted by atomic mass is 32.1. The Kier molecular flexibility index (Phi) is 7.70. The maximum atomic E-state index is 12.8. The lowest BCUT2D eigenvalue weighted by Crippen LogP contribution is -2.32. The molecular weight excluding hydrogens is 362 g/mol. The van der Waals surface area contributed by atoms with Gasteiger partial charge in [-0.25, -0.2) is 0 Å². The number of aromatic amines is 1. The molecule has 1 heterocycles. The molecule has 2 N–H and O–H groups in total. The van der Waals surface area contributed by atoms with Gasteiger partial charge >= 0.3 is 0 Å². The average molecular weight is 392 g/mol. The van der Waals surface area contributed by atoms with Crippen LogP contribution >= 0.6 is 12.2 Å². The van der Waals surface area contributed by atoms with Gasteiger partial charge in [0.15, 0.2) is 4.77 Å². The number of likely N-dealkylation sites (N-methyl/N-ethyl adjacent to an activating group) is 2. The van der Waals surface area contributed by atoms with E-state index in [0.29, 0.717) is 34.3 Å². The number of hydrogen-bond acceptors (Lipinski definition) is 5. The lowest BCUT2D eigenvalue weighted by Gasteiger charge is -2.18. The Bertz CT molecular complexity index is 899. The minimum absolute atomic E-state index is 0.125. The van der Waals surface area contributed by atoms with Crippen LogP contribution in [0.3, 0.4) is 0 Å². The summed E-state index contributed by atoms with van der Waals surface area (Å²) in [6, 6.07) is 5.06. The fraction of sp³-hybridized carbons (Fsp3) is 0.526. The first kappa shape index (κ1) is 21.3. The van der Waals surface area contributed by atoms with E-state index >= 15 is 0 Å². The van der Waals surface area contributed by atoms with Gasteiger partial charge in [0.1, 0.15) is 0 Å². The van der Waals surface area contributed by atoms with Crippen LogP contribution in [0.2, 0.25) is 0 Å². The van der Waals surface area contributed by atoms with E-state index in [4.69, 9.17) is 12.2 Å². The van der Waals surface area contributed by atoms with E-state index in [1.54, 1.807) is 22.8 Å². The lowest BCUT2D eigenvalue weighted by molar-refractivity contribution is 0.0951. The molecule has 0 radical (unpaired) electrons. The van der Waals surface area contributed by atoms with Gasteiger partial charge in [0.05, 0.1) is 10.9 Å². The summed E-state index contributed by atoms with van der Waals surface area (Å²) in [7, 11) is 3.90. The topological polar surface area (TPSA) is 73.4 Å². The molecule has 0 aliphatic rings. The maximum absolute atomic E-state index is 12.8. The molecule has 0 unspecified atom stereocenters. The van der Waals surface area contributed by atoms with Gasteiger partial charge in [0.2, 0.25) is 0 Å². The molecule has 7 nitrogen and oxygen atoms in total. The molecule has 0 saturated carbocycles. The molecule has 148 valence electrons. The summed E-state index contributed by atoms with van der Waals surface area (Å²) < 4.78 is 1.97. The van der Waals surface area contributed by atoms with Gasteiger partial charge in [0.25, 0.3) is 11.5 Å². The van der Waals surface area contributed by atoms with Crippen LogP contribution in [0, 0.1) is 4.77 Å². The Balaban J connectivity index is 2.25. The maximum Gasteiger partial charge on any atom is 0.262 e. The van der Waals surface area contributed by atoms with Gasteiger partial charge in [-0.2, -0.15) is 0 Å². The van der Waals surface area contributed by atoms with Crippen molar-refractivity contribution in [2.45, 2.75) is 20.4 Å². The van der Waals surface area contributed by atoms with Crippen LogP contribution in [-0.2, 0) is 6.54 Å². The van der Waals surface area contributed by atoms with Gasteiger partial charge in [-0.05, 0) is 57.6 Å². The van der Waals surface area contributed by atoms with Crippen molar-refractivity contribution in [3.63, 3.8) is 0 Å². The number of nitrogens with one attached hydrogen (secondary N) is 2. The van der Waals surface area contributed by atoms with Crippen molar-refractivity contribution in [1.29, 1.82) is 0 Å². The number of benzene rings is 1. The molecule has 1 aromatic heterocycles. The van der Waals surface area contributed by atoms with Gasteiger partial charge in [-0.15, -0.1) is 0 Å². The average Bonchev–Trinajstić information content (AvgIpc) is 2.63. The number of hydrogen-bond donors (Lipinski definition) is 2. The summed E-state index contributed by atoms with van der Waals surface area (Å²) in [5.41, 5.74) is 0.969. The molecule has 0 atom stereocenters. The number of rotatable bonds is 9. The summed E-state index contributed by atoms with van der Waals surface area (Å²) in [6.45, 7) is 8.69. The second-order valence-electron chi connectivity index (χ2n) is 6.73. The first-order chi connectivity index (χ1) is 12.9. The molecule has 8 heteroatoms. The molecule has 27 heavy (non-hydrogen) atoms. The first-order valence-electron chi connectivity index (χ1n) is 9.29. The largest absolute Gasteiger partial charge is 0.351 e. The zero-order chi connectivity index (χ0) is 20.0. The second kappa shape index (κ2) is 9.77. The predicted octanol–water partition coefficient (Wildman–Crippen LogP) is 1.69. The number of carbonyl (C=O) groups excluding carboxylic acids is 1. The third kappa shape index (κ3) is 5.47. The zero-order valence-electron chi connectivity index (χ0n) is 16.5. The van der Waals surface area contributed by atoms with E-state index in [2.05, 4.69) is 29.0 Å². The van der Waals surface area contributed by atoms with Crippen LogP contribution in [0.1, 0.15) is 24.2 Å². The summed E-state index contributed by atoms with van der Waals surface area (Å²) in [4.78, 5) is 32.5. The predicted molar refractivity (Wildman–Crippen MR) is 112 cm³/mol. The summed E-state index contributed by atoms with van der Waals surface area (Å²) >= 11 is 5.38. The van der Waals surface area contributed by atoms with Crippen molar-refractivity contribution in [2.24, 2.45) is 0 Å². The molecular formula is C19H29N5O2S. The van der Waals surface area contributed by atoms with Crippen molar-refractivity contribution < 1.29 is 4.79 Å². The Morgan fingerprint density at radius 2 is 1.93 bits per heavy atom. The van der Waals surface area contributed by atoms with E-state index in [-0.39, 0.29) is 11.5 Å². The smallest absolute Gasteiger partial charge is 0.262 e. The standard InChI is InChI=1S/C19H29N5O2S/c1-5-23(6-2)11-12-24-18(26)15-8-7-14(13-16(15)21-19(24)27)17(25)20-9-10-22(3)4/h7-8,13H,5-6,9-12H2,1-4H3,(H,20,25)(H,21,27). The van der Waals surface area contributed by atoms with Crippen LogP contribution in [0.4, 0.5) is 0 Å². The van der Waals surface area contributed by atoms with Crippen LogP contribution < -0.4 is 10.9 Å². The fourth-order valence-corrected chi connectivity index (χ4v) is 3.16. The van der Waals surface area contributed by atoms with E-state index < -0.39 is 0 Å². The normalized spacial score (nSPS) is 11.5. The highest BCUT2D eigenvalue weighted by Crippen LogP contribution is 2.11. The summed E-state index contributed by atoms with van der Waals surface area (Å²) in [5, 5.41) is 3.41. The SMILES string of the molecule is CCN(CC)CCn1c(=S)[nH]c2cc(C(=O)NCCN(C)C)ccc2c1=O. The molecule has 0 bridgehead atoms. The minimum atomic E-state index is -0.163. The number of H-pyrrole nitrogens is 1. The monoisotopic (exact) mass is 391 g/mol. The molecule has 0 aliphatic heterocycles. The minimum Gasteiger partial charge on any atom is -0.351 e. The van der Waals surface area contributed by atoms with Crippen molar-refractivity contribution >= 4 is 29.0 Å². The van der Waals surface area contributed by atoms with Crippen molar-refractivity contribution in [3.8, 4) is 0 Å². The second-order valence-corrected chi connectivity index (χ2v) is 7.12. The third-order valence-electron chi connectivity index (χ3n) is 4.62. The Morgan fingerprint density at radius 3 is 2.56 bits per heavy atom. The molecule has 0 spiro atoms. The number of carbonyl (C=O) groups is 1. The molecule has 0 fully saturated rings.